The maximum absolute atomic E-state index is 9.01. The number of rotatable bonds is 3. The molecule has 2 atom stereocenters. The summed E-state index contributed by atoms with van der Waals surface area (Å²) in [6.45, 7) is 5.13. The van der Waals surface area contributed by atoms with Gasteiger partial charge in [-0.05, 0) is 19.1 Å². The molecule has 0 heterocycles. The summed E-state index contributed by atoms with van der Waals surface area (Å²) in [6.07, 6.45) is 1.03. The zero-order valence-electron chi connectivity index (χ0n) is 5.87. The van der Waals surface area contributed by atoms with Crippen molar-refractivity contribution in [2.45, 2.75) is 19.1 Å². The van der Waals surface area contributed by atoms with Crippen molar-refractivity contribution >= 4 is 17.3 Å². The van der Waals surface area contributed by atoms with Crippen molar-refractivity contribution in [3.8, 4) is 0 Å². The summed E-state index contributed by atoms with van der Waals surface area (Å²) < 4.78 is 0. The molecule has 0 bridgehead atoms. The molecule has 0 rings (SSSR count). The average Bonchev–Trinajstić information content (AvgIpc) is 1.81. The van der Waals surface area contributed by atoms with Gasteiger partial charge in [-0.25, -0.2) is 0 Å². The number of aliphatic hydroxyl groups is 1. The van der Waals surface area contributed by atoms with E-state index in [4.69, 9.17) is 10.8 Å². The van der Waals surface area contributed by atoms with Crippen molar-refractivity contribution in [3.05, 3.63) is 12.7 Å². The van der Waals surface area contributed by atoms with E-state index >= 15 is 0 Å². The predicted molar refractivity (Wildman–Crippen MR) is 45.6 cm³/mol. The van der Waals surface area contributed by atoms with E-state index in [1.54, 1.807) is 13.0 Å². The molecule has 3 nitrogen and oxygen atoms in total. The molecule has 0 aliphatic heterocycles. The molecule has 4 N–H and O–H groups in total. The minimum atomic E-state index is -0.529. The van der Waals surface area contributed by atoms with Crippen LogP contribution in [0.1, 0.15) is 6.92 Å². The number of nitrogens with two attached hydrogens (primary N) is 1. The number of hydrogen-bond donors (Lipinski definition) is 3. The second kappa shape index (κ2) is 4.24. The fraction of sp³-hybridized carbons (Fsp3) is 0.500. The number of thiocarbonyl (C=S) groups is 1. The topological polar surface area (TPSA) is 58.3 Å². The Morgan fingerprint density at radius 3 is 2.50 bits per heavy atom. The Morgan fingerprint density at radius 2 is 2.40 bits per heavy atom. The average molecular weight is 160 g/mol. The Labute approximate surface area is 65.9 Å². The van der Waals surface area contributed by atoms with Gasteiger partial charge in [-0.1, -0.05) is 6.08 Å². The Hall–Kier alpha value is -0.610. The molecule has 58 valence electrons. The Morgan fingerprint density at radius 1 is 1.90 bits per heavy atom. The van der Waals surface area contributed by atoms with Crippen LogP contribution in [0.15, 0.2) is 12.7 Å². The molecule has 0 radical (unpaired) electrons. The van der Waals surface area contributed by atoms with Gasteiger partial charge in [0.1, 0.15) is 0 Å². The lowest BCUT2D eigenvalue weighted by Gasteiger charge is -2.16. The van der Waals surface area contributed by atoms with Gasteiger partial charge in [-0.15, -0.1) is 6.58 Å². The number of hydrogen-bond acceptors (Lipinski definition) is 2. The summed E-state index contributed by atoms with van der Waals surface area (Å²) in [5.41, 5.74) is 5.17. The lowest BCUT2D eigenvalue weighted by Crippen LogP contribution is -2.43. The van der Waals surface area contributed by atoms with Crippen LogP contribution in [-0.2, 0) is 0 Å². The van der Waals surface area contributed by atoms with E-state index in [1.807, 2.05) is 0 Å². The van der Waals surface area contributed by atoms with E-state index < -0.39 is 6.10 Å². The summed E-state index contributed by atoms with van der Waals surface area (Å²) in [5.74, 6) is 0. The fourth-order valence-electron chi connectivity index (χ4n) is 0.541. The highest BCUT2D eigenvalue weighted by Gasteiger charge is 2.09. The third-order valence-corrected chi connectivity index (χ3v) is 1.20. The third kappa shape index (κ3) is 3.42. The van der Waals surface area contributed by atoms with Crippen LogP contribution in [0.2, 0.25) is 0 Å². The molecule has 0 aliphatic carbocycles. The zero-order chi connectivity index (χ0) is 8.15. The summed E-state index contributed by atoms with van der Waals surface area (Å²) in [5, 5.41) is 11.9. The maximum Gasteiger partial charge on any atom is 0.164 e. The molecule has 4 heteroatoms. The molecule has 0 aromatic heterocycles. The van der Waals surface area contributed by atoms with Gasteiger partial charge in [-0.3, -0.25) is 0 Å². The lowest BCUT2D eigenvalue weighted by atomic mass is 10.2. The van der Waals surface area contributed by atoms with Crippen LogP contribution >= 0.6 is 12.2 Å². The van der Waals surface area contributed by atoms with Gasteiger partial charge in [0, 0.05) is 0 Å². The van der Waals surface area contributed by atoms with E-state index in [9.17, 15) is 0 Å². The van der Waals surface area contributed by atoms with E-state index in [-0.39, 0.29) is 11.2 Å². The first-order chi connectivity index (χ1) is 4.57. The van der Waals surface area contributed by atoms with Crippen molar-refractivity contribution in [2.24, 2.45) is 5.73 Å². The Balaban J connectivity index is 3.83. The van der Waals surface area contributed by atoms with Gasteiger partial charge < -0.3 is 16.2 Å². The second-order valence-corrected chi connectivity index (χ2v) is 2.45. The van der Waals surface area contributed by atoms with Gasteiger partial charge in [0.05, 0.1) is 12.1 Å². The molecule has 10 heavy (non-hydrogen) atoms. The highest BCUT2D eigenvalue weighted by molar-refractivity contribution is 7.80. The van der Waals surface area contributed by atoms with Gasteiger partial charge in [-0.2, -0.15) is 0 Å². The minimum absolute atomic E-state index is 0.172. The van der Waals surface area contributed by atoms with Crippen molar-refractivity contribution < 1.29 is 5.11 Å². The second-order valence-electron chi connectivity index (χ2n) is 2.01. The molecule has 0 amide bonds. The van der Waals surface area contributed by atoms with Crippen LogP contribution < -0.4 is 11.1 Å². The molecular weight excluding hydrogens is 148 g/mol. The van der Waals surface area contributed by atoms with E-state index in [1.165, 1.54) is 0 Å². The van der Waals surface area contributed by atoms with Crippen molar-refractivity contribution in [1.29, 1.82) is 0 Å². The minimum Gasteiger partial charge on any atom is -0.391 e. The molecule has 0 aromatic carbocycles. The van der Waals surface area contributed by atoms with Crippen LogP contribution in [0, 0.1) is 0 Å². The molecule has 0 fully saturated rings. The van der Waals surface area contributed by atoms with E-state index in [0.717, 1.165) is 0 Å². The summed E-state index contributed by atoms with van der Waals surface area (Å²) in [7, 11) is 0. The van der Waals surface area contributed by atoms with Crippen molar-refractivity contribution in [3.63, 3.8) is 0 Å². The number of aliphatic hydroxyl groups excluding tert-OH is 1. The van der Waals surface area contributed by atoms with Gasteiger partial charge in [0.2, 0.25) is 0 Å². The van der Waals surface area contributed by atoms with E-state index in [0.29, 0.717) is 0 Å². The van der Waals surface area contributed by atoms with Crippen molar-refractivity contribution in [2.75, 3.05) is 0 Å². The van der Waals surface area contributed by atoms with Crippen LogP contribution in [0.3, 0.4) is 0 Å². The third-order valence-electron chi connectivity index (χ3n) is 1.08. The molecule has 0 saturated heterocycles. The Kier molecular flexibility index (Phi) is 3.99. The van der Waals surface area contributed by atoms with Crippen LogP contribution in [0.25, 0.3) is 0 Å². The van der Waals surface area contributed by atoms with Crippen LogP contribution in [-0.4, -0.2) is 22.4 Å². The largest absolute Gasteiger partial charge is 0.391 e. The molecular formula is C6H12N2OS. The maximum atomic E-state index is 9.01. The quantitative estimate of drug-likeness (QED) is 0.394. The fourth-order valence-corrected chi connectivity index (χ4v) is 0.677. The predicted octanol–water partition coefficient (Wildman–Crippen LogP) is -0.245. The SMILES string of the molecule is C=CC(NC(N)=S)C(C)O. The monoisotopic (exact) mass is 160 g/mol. The molecule has 0 saturated carbocycles. The highest BCUT2D eigenvalue weighted by Crippen LogP contribution is 1.91. The highest BCUT2D eigenvalue weighted by atomic mass is 32.1. The van der Waals surface area contributed by atoms with Gasteiger partial charge in [0.15, 0.2) is 5.11 Å². The lowest BCUT2D eigenvalue weighted by molar-refractivity contribution is 0.173. The smallest absolute Gasteiger partial charge is 0.164 e. The normalized spacial score (nSPS) is 15.4. The van der Waals surface area contributed by atoms with Crippen LogP contribution in [0.4, 0.5) is 0 Å². The molecule has 2 unspecified atom stereocenters. The first kappa shape index (κ1) is 9.39. The van der Waals surface area contributed by atoms with Gasteiger partial charge >= 0.3 is 0 Å². The summed E-state index contributed by atoms with van der Waals surface area (Å²) in [6, 6.07) is -0.252. The molecule has 0 aromatic rings. The number of nitrogens with one attached hydrogen (secondary N) is 1. The molecule has 0 aliphatic rings. The zero-order valence-corrected chi connectivity index (χ0v) is 6.69. The first-order valence-electron chi connectivity index (χ1n) is 2.94. The summed E-state index contributed by atoms with van der Waals surface area (Å²) >= 11 is 4.57. The summed E-state index contributed by atoms with van der Waals surface area (Å²) in [4.78, 5) is 0. The van der Waals surface area contributed by atoms with E-state index in [2.05, 4.69) is 24.1 Å². The van der Waals surface area contributed by atoms with Crippen LogP contribution in [0.5, 0.6) is 0 Å². The van der Waals surface area contributed by atoms with Gasteiger partial charge in [0.25, 0.3) is 0 Å². The van der Waals surface area contributed by atoms with Crippen molar-refractivity contribution in [1.82, 2.24) is 5.32 Å². The first-order valence-corrected chi connectivity index (χ1v) is 3.35. The molecule has 0 spiro atoms. The Bertz CT molecular complexity index is 136. The standard InChI is InChI=1S/C6H12N2OS/c1-3-5(4(2)9)8-6(7)10/h3-5,9H,1H2,2H3,(H3,7,8,10).